The van der Waals surface area contributed by atoms with Crippen molar-refractivity contribution in [2.75, 3.05) is 13.1 Å². The number of nitrogens with zero attached hydrogens (tertiary/aromatic N) is 2. The molecule has 0 saturated carbocycles. The van der Waals surface area contributed by atoms with Crippen molar-refractivity contribution in [2.24, 2.45) is 0 Å². The van der Waals surface area contributed by atoms with Gasteiger partial charge in [-0.2, -0.15) is 0 Å². The third-order valence-electron chi connectivity index (χ3n) is 1.64. The summed E-state index contributed by atoms with van der Waals surface area (Å²) in [5.41, 5.74) is -0.283. The van der Waals surface area contributed by atoms with E-state index in [0.717, 1.165) is 6.54 Å². The molecule has 4 nitrogen and oxygen atoms in total. The highest BCUT2D eigenvalue weighted by atomic mass is 35.5. The monoisotopic (exact) mass is 213 g/mol. The van der Waals surface area contributed by atoms with E-state index in [1.54, 1.807) is 12.3 Å². The van der Waals surface area contributed by atoms with Crippen LogP contribution in [-0.4, -0.2) is 22.6 Å². The SMILES string of the molecule is C=CCNCCn1cc(Cl)cnc1=O. The zero-order chi connectivity index (χ0) is 10.4. The fourth-order valence-corrected chi connectivity index (χ4v) is 1.16. The molecule has 0 aliphatic carbocycles. The maximum Gasteiger partial charge on any atom is 0.347 e. The number of halogens is 1. The van der Waals surface area contributed by atoms with Gasteiger partial charge in [0.25, 0.3) is 0 Å². The van der Waals surface area contributed by atoms with Crippen LogP contribution in [0.25, 0.3) is 0 Å². The summed E-state index contributed by atoms with van der Waals surface area (Å²) in [6, 6.07) is 0. The molecule has 0 amide bonds. The highest BCUT2D eigenvalue weighted by Crippen LogP contribution is 2.00. The lowest BCUT2D eigenvalue weighted by atomic mass is 10.5. The molecule has 1 N–H and O–H groups in total. The molecule has 5 heteroatoms. The van der Waals surface area contributed by atoms with Crippen LogP contribution in [0.2, 0.25) is 5.02 Å². The first-order valence-corrected chi connectivity index (χ1v) is 4.65. The molecule has 14 heavy (non-hydrogen) atoms. The zero-order valence-corrected chi connectivity index (χ0v) is 8.50. The third-order valence-corrected chi connectivity index (χ3v) is 1.84. The Morgan fingerprint density at radius 3 is 3.21 bits per heavy atom. The topological polar surface area (TPSA) is 46.9 Å². The van der Waals surface area contributed by atoms with Gasteiger partial charge in [0.1, 0.15) is 0 Å². The van der Waals surface area contributed by atoms with Crippen molar-refractivity contribution >= 4 is 11.6 Å². The molecule has 1 heterocycles. The lowest BCUT2D eigenvalue weighted by molar-refractivity contribution is 0.598. The van der Waals surface area contributed by atoms with E-state index in [2.05, 4.69) is 16.9 Å². The van der Waals surface area contributed by atoms with Gasteiger partial charge in [-0.1, -0.05) is 17.7 Å². The quantitative estimate of drug-likeness (QED) is 0.578. The summed E-state index contributed by atoms with van der Waals surface area (Å²) < 4.78 is 1.47. The van der Waals surface area contributed by atoms with Crippen molar-refractivity contribution in [3.05, 3.63) is 40.6 Å². The highest BCUT2D eigenvalue weighted by molar-refractivity contribution is 6.30. The van der Waals surface area contributed by atoms with Crippen LogP contribution < -0.4 is 11.0 Å². The summed E-state index contributed by atoms with van der Waals surface area (Å²) >= 11 is 5.70. The van der Waals surface area contributed by atoms with Gasteiger partial charge in [-0.05, 0) is 0 Å². The fraction of sp³-hybridized carbons (Fsp3) is 0.333. The van der Waals surface area contributed by atoms with Crippen LogP contribution in [0.1, 0.15) is 0 Å². The number of rotatable bonds is 5. The van der Waals surface area contributed by atoms with E-state index in [-0.39, 0.29) is 5.69 Å². The summed E-state index contributed by atoms with van der Waals surface area (Å²) in [7, 11) is 0. The Labute approximate surface area is 87.2 Å². The predicted octanol–water partition coefficient (Wildman–Crippen LogP) is 0.672. The van der Waals surface area contributed by atoms with Crippen LogP contribution in [0.3, 0.4) is 0 Å². The first-order valence-electron chi connectivity index (χ1n) is 4.27. The average Bonchev–Trinajstić information content (AvgIpc) is 2.18. The Hall–Kier alpha value is -1.13. The second-order valence-corrected chi connectivity index (χ2v) is 3.18. The molecule has 1 aromatic heterocycles. The van der Waals surface area contributed by atoms with Gasteiger partial charge in [-0.25, -0.2) is 9.78 Å². The van der Waals surface area contributed by atoms with E-state index >= 15 is 0 Å². The molecule has 0 spiro atoms. The zero-order valence-electron chi connectivity index (χ0n) is 7.74. The molecule has 0 unspecified atom stereocenters. The van der Waals surface area contributed by atoms with Crippen molar-refractivity contribution in [1.29, 1.82) is 0 Å². The number of aromatic nitrogens is 2. The Bertz CT molecular complexity index is 361. The van der Waals surface area contributed by atoms with Crippen LogP contribution in [0.5, 0.6) is 0 Å². The first kappa shape index (κ1) is 10.9. The summed E-state index contributed by atoms with van der Waals surface area (Å²) in [6.07, 6.45) is 4.68. The Morgan fingerprint density at radius 2 is 2.50 bits per heavy atom. The second-order valence-electron chi connectivity index (χ2n) is 2.74. The smallest absolute Gasteiger partial charge is 0.312 e. The normalized spacial score (nSPS) is 10.1. The third kappa shape index (κ3) is 3.32. The fourth-order valence-electron chi connectivity index (χ4n) is 0.992. The van der Waals surface area contributed by atoms with Gasteiger partial charge in [0.15, 0.2) is 0 Å². The van der Waals surface area contributed by atoms with E-state index in [9.17, 15) is 4.79 Å². The molecule has 0 bridgehead atoms. The average molecular weight is 214 g/mol. The van der Waals surface area contributed by atoms with Gasteiger partial charge in [-0.3, -0.25) is 4.57 Å². The van der Waals surface area contributed by atoms with Gasteiger partial charge < -0.3 is 5.32 Å². The molecule has 0 fully saturated rings. The maximum absolute atomic E-state index is 11.2. The van der Waals surface area contributed by atoms with Crippen molar-refractivity contribution < 1.29 is 0 Å². The molecule has 0 atom stereocenters. The Morgan fingerprint density at radius 1 is 1.71 bits per heavy atom. The van der Waals surface area contributed by atoms with Crippen LogP contribution in [0.15, 0.2) is 29.8 Å². The van der Waals surface area contributed by atoms with Gasteiger partial charge in [0, 0.05) is 25.8 Å². The number of hydrogen-bond donors (Lipinski definition) is 1. The molecular weight excluding hydrogens is 202 g/mol. The molecule has 0 aliphatic heterocycles. The molecule has 0 saturated heterocycles. The first-order chi connectivity index (χ1) is 6.74. The van der Waals surface area contributed by atoms with Gasteiger partial charge in [0.05, 0.1) is 11.2 Å². The standard InChI is InChI=1S/C9H12ClN3O/c1-2-3-11-4-5-13-7-8(10)6-12-9(13)14/h2,6-7,11H,1,3-5H2. The van der Waals surface area contributed by atoms with Crippen molar-refractivity contribution in [1.82, 2.24) is 14.9 Å². The molecule has 0 aromatic carbocycles. The van der Waals surface area contributed by atoms with Crippen molar-refractivity contribution in [3.8, 4) is 0 Å². The highest BCUT2D eigenvalue weighted by Gasteiger charge is 1.96. The van der Waals surface area contributed by atoms with E-state index < -0.39 is 0 Å². The number of nitrogens with one attached hydrogen (secondary N) is 1. The molecule has 1 aromatic rings. The minimum absolute atomic E-state index is 0.283. The summed E-state index contributed by atoms with van der Waals surface area (Å²) in [5, 5.41) is 3.55. The van der Waals surface area contributed by atoms with E-state index in [4.69, 9.17) is 11.6 Å². The minimum atomic E-state index is -0.283. The van der Waals surface area contributed by atoms with Gasteiger partial charge in [0.2, 0.25) is 0 Å². The lowest BCUT2D eigenvalue weighted by Crippen LogP contribution is -2.28. The Balaban J connectivity index is 2.53. The van der Waals surface area contributed by atoms with Crippen LogP contribution in [0, 0.1) is 0 Å². The molecule has 0 aliphatic rings. The van der Waals surface area contributed by atoms with Crippen LogP contribution in [-0.2, 0) is 6.54 Å². The van der Waals surface area contributed by atoms with E-state index in [1.165, 1.54) is 10.8 Å². The minimum Gasteiger partial charge on any atom is -0.312 e. The molecule has 76 valence electrons. The second kappa shape index (κ2) is 5.57. The van der Waals surface area contributed by atoms with Gasteiger partial charge >= 0.3 is 5.69 Å². The molecule has 0 radical (unpaired) electrons. The summed E-state index contributed by atoms with van der Waals surface area (Å²) in [4.78, 5) is 14.8. The Kier molecular flexibility index (Phi) is 4.35. The lowest BCUT2D eigenvalue weighted by Gasteiger charge is -2.04. The van der Waals surface area contributed by atoms with Crippen molar-refractivity contribution in [3.63, 3.8) is 0 Å². The molecular formula is C9H12ClN3O. The van der Waals surface area contributed by atoms with Crippen molar-refractivity contribution in [2.45, 2.75) is 6.54 Å². The van der Waals surface area contributed by atoms with Crippen LogP contribution >= 0.6 is 11.6 Å². The predicted molar refractivity (Wildman–Crippen MR) is 56.6 cm³/mol. The van der Waals surface area contributed by atoms with E-state index in [0.29, 0.717) is 18.1 Å². The molecule has 1 rings (SSSR count). The van der Waals surface area contributed by atoms with Crippen LogP contribution in [0.4, 0.5) is 0 Å². The van der Waals surface area contributed by atoms with Gasteiger partial charge in [-0.15, -0.1) is 6.58 Å². The largest absolute Gasteiger partial charge is 0.347 e. The maximum atomic E-state index is 11.2. The number of hydrogen-bond acceptors (Lipinski definition) is 3. The van der Waals surface area contributed by atoms with E-state index in [1.807, 2.05) is 0 Å². The summed E-state index contributed by atoms with van der Waals surface area (Å²) in [6.45, 7) is 5.54. The summed E-state index contributed by atoms with van der Waals surface area (Å²) in [5.74, 6) is 0.